The van der Waals surface area contributed by atoms with E-state index in [0.29, 0.717) is 12.5 Å². The van der Waals surface area contributed by atoms with Gasteiger partial charge in [0.1, 0.15) is 0 Å². The molecule has 1 aromatic rings. The van der Waals surface area contributed by atoms with Gasteiger partial charge in [-0.2, -0.15) is 11.8 Å². The van der Waals surface area contributed by atoms with Crippen LogP contribution < -0.4 is 5.73 Å². The predicted molar refractivity (Wildman–Crippen MR) is 80.4 cm³/mol. The number of guanidine groups is 1. The first-order valence-electron chi connectivity index (χ1n) is 6.04. The van der Waals surface area contributed by atoms with Gasteiger partial charge in [-0.05, 0) is 24.1 Å². The minimum atomic E-state index is 0.619. The van der Waals surface area contributed by atoms with E-state index in [1.54, 1.807) is 0 Å². The van der Waals surface area contributed by atoms with E-state index >= 15 is 0 Å². The minimum Gasteiger partial charge on any atom is -0.370 e. The molecule has 0 amide bonds. The third kappa shape index (κ3) is 3.56. The highest BCUT2D eigenvalue weighted by atomic mass is 35.5. The molecule has 0 bridgehead atoms. The lowest BCUT2D eigenvalue weighted by atomic mass is 10.1. The maximum absolute atomic E-state index is 6.00. The lowest BCUT2D eigenvalue weighted by Gasteiger charge is -2.27. The van der Waals surface area contributed by atoms with Crippen molar-refractivity contribution in [2.24, 2.45) is 10.7 Å². The Morgan fingerprint density at radius 2 is 2.17 bits per heavy atom. The van der Waals surface area contributed by atoms with Crippen molar-refractivity contribution in [1.29, 1.82) is 0 Å². The number of nitrogens with two attached hydrogens (primary N) is 1. The zero-order valence-corrected chi connectivity index (χ0v) is 12.1. The van der Waals surface area contributed by atoms with Gasteiger partial charge in [0.25, 0.3) is 0 Å². The van der Waals surface area contributed by atoms with Crippen LogP contribution in [0.25, 0.3) is 0 Å². The summed E-state index contributed by atoms with van der Waals surface area (Å²) < 4.78 is 0. The molecule has 0 radical (unpaired) electrons. The van der Waals surface area contributed by atoms with Gasteiger partial charge in [-0.25, -0.2) is 4.99 Å². The second-order valence-electron chi connectivity index (χ2n) is 4.36. The first-order chi connectivity index (χ1) is 8.66. The maximum Gasteiger partial charge on any atom is 0.191 e. The standard InChI is InChI=1S/C13H18ClN3S/c1-10-8-11(2-3-12(10)14)9-16-13(15)17-4-6-18-7-5-17/h2-3,8H,4-7,9H2,1H3,(H2,15,16). The van der Waals surface area contributed by atoms with Crippen LogP contribution in [0.4, 0.5) is 0 Å². The fourth-order valence-corrected chi connectivity index (χ4v) is 2.89. The number of rotatable bonds is 2. The number of thioether (sulfide) groups is 1. The summed E-state index contributed by atoms with van der Waals surface area (Å²) in [6.07, 6.45) is 0. The van der Waals surface area contributed by atoms with Crippen LogP contribution in [0, 0.1) is 6.92 Å². The molecular weight excluding hydrogens is 266 g/mol. The van der Waals surface area contributed by atoms with Crippen LogP contribution in [-0.4, -0.2) is 35.5 Å². The Morgan fingerprint density at radius 1 is 1.44 bits per heavy atom. The van der Waals surface area contributed by atoms with Gasteiger partial charge >= 0.3 is 0 Å². The van der Waals surface area contributed by atoms with Crippen molar-refractivity contribution in [3.05, 3.63) is 34.3 Å². The van der Waals surface area contributed by atoms with Crippen molar-refractivity contribution >= 4 is 29.3 Å². The van der Waals surface area contributed by atoms with Crippen molar-refractivity contribution in [2.45, 2.75) is 13.5 Å². The highest BCUT2D eigenvalue weighted by Crippen LogP contribution is 2.17. The third-order valence-electron chi connectivity index (χ3n) is 2.98. The summed E-state index contributed by atoms with van der Waals surface area (Å²) in [7, 11) is 0. The van der Waals surface area contributed by atoms with E-state index in [9.17, 15) is 0 Å². The van der Waals surface area contributed by atoms with Crippen LogP contribution in [0.1, 0.15) is 11.1 Å². The van der Waals surface area contributed by atoms with Gasteiger partial charge in [0, 0.05) is 29.6 Å². The van der Waals surface area contributed by atoms with Crippen molar-refractivity contribution in [2.75, 3.05) is 24.6 Å². The monoisotopic (exact) mass is 283 g/mol. The Labute approximate surface area is 117 Å². The lowest BCUT2D eigenvalue weighted by molar-refractivity contribution is 0.455. The molecular formula is C13H18ClN3S. The molecule has 2 rings (SSSR count). The Hall–Kier alpha value is -0.870. The Kier molecular flexibility index (Phi) is 4.78. The number of aliphatic imine (C=N–C) groups is 1. The summed E-state index contributed by atoms with van der Waals surface area (Å²) >= 11 is 7.96. The predicted octanol–water partition coefficient (Wildman–Crippen LogP) is 2.51. The molecule has 1 aliphatic rings. The summed E-state index contributed by atoms with van der Waals surface area (Å²) in [6, 6.07) is 5.97. The van der Waals surface area contributed by atoms with Crippen LogP contribution in [0.15, 0.2) is 23.2 Å². The smallest absolute Gasteiger partial charge is 0.191 e. The molecule has 5 heteroatoms. The van der Waals surface area contributed by atoms with Crippen LogP contribution in [0.3, 0.4) is 0 Å². The minimum absolute atomic E-state index is 0.619. The van der Waals surface area contributed by atoms with Crippen molar-refractivity contribution in [3.63, 3.8) is 0 Å². The van der Waals surface area contributed by atoms with E-state index in [0.717, 1.165) is 40.7 Å². The molecule has 3 nitrogen and oxygen atoms in total. The van der Waals surface area contributed by atoms with E-state index in [-0.39, 0.29) is 0 Å². The Morgan fingerprint density at radius 3 is 2.83 bits per heavy atom. The van der Waals surface area contributed by atoms with Gasteiger partial charge in [0.2, 0.25) is 0 Å². The van der Waals surface area contributed by atoms with E-state index in [2.05, 4.69) is 16.0 Å². The summed E-state index contributed by atoms with van der Waals surface area (Å²) in [5, 5.41) is 0.795. The zero-order chi connectivity index (χ0) is 13.0. The van der Waals surface area contributed by atoms with Gasteiger partial charge in [0.15, 0.2) is 5.96 Å². The van der Waals surface area contributed by atoms with E-state index in [4.69, 9.17) is 17.3 Å². The SMILES string of the molecule is Cc1cc(CN=C(N)N2CCSCC2)ccc1Cl. The van der Waals surface area contributed by atoms with Crippen LogP contribution in [0.5, 0.6) is 0 Å². The number of aryl methyl sites for hydroxylation is 1. The number of halogens is 1. The molecule has 0 aromatic heterocycles. The summed E-state index contributed by atoms with van der Waals surface area (Å²) in [5.41, 5.74) is 8.23. The molecule has 2 N–H and O–H groups in total. The van der Waals surface area contributed by atoms with E-state index in [1.807, 2.05) is 30.8 Å². The number of hydrogen-bond acceptors (Lipinski definition) is 2. The zero-order valence-electron chi connectivity index (χ0n) is 10.5. The van der Waals surface area contributed by atoms with Gasteiger partial charge in [-0.1, -0.05) is 23.7 Å². The topological polar surface area (TPSA) is 41.6 Å². The molecule has 1 fully saturated rings. The second-order valence-corrected chi connectivity index (χ2v) is 5.99. The fourth-order valence-electron chi connectivity index (χ4n) is 1.87. The van der Waals surface area contributed by atoms with Crippen LogP contribution in [-0.2, 0) is 6.54 Å². The van der Waals surface area contributed by atoms with E-state index in [1.165, 1.54) is 0 Å². The van der Waals surface area contributed by atoms with Crippen molar-refractivity contribution < 1.29 is 0 Å². The Balaban J connectivity index is 1.98. The van der Waals surface area contributed by atoms with Gasteiger partial charge in [-0.3, -0.25) is 0 Å². The summed E-state index contributed by atoms with van der Waals surface area (Å²) in [4.78, 5) is 6.61. The first kappa shape index (κ1) is 13.6. The first-order valence-corrected chi connectivity index (χ1v) is 7.58. The normalized spacial score (nSPS) is 17.0. The molecule has 0 saturated carbocycles. The summed E-state index contributed by atoms with van der Waals surface area (Å²) in [5.74, 6) is 2.93. The van der Waals surface area contributed by atoms with Gasteiger partial charge in [0.05, 0.1) is 6.54 Å². The molecule has 1 saturated heterocycles. The third-order valence-corrected chi connectivity index (χ3v) is 4.35. The van der Waals surface area contributed by atoms with Gasteiger partial charge in [-0.15, -0.1) is 0 Å². The quantitative estimate of drug-likeness (QED) is 0.670. The summed E-state index contributed by atoms with van der Waals surface area (Å²) in [6.45, 7) is 4.62. The average molecular weight is 284 g/mol. The highest BCUT2D eigenvalue weighted by Gasteiger charge is 2.11. The molecule has 0 aliphatic carbocycles. The maximum atomic E-state index is 6.00. The molecule has 1 heterocycles. The number of hydrogen-bond donors (Lipinski definition) is 1. The average Bonchev–Trinajstić information content (AvgIpc) is 2.41. The molecule has 1 aliphatic heterocycles. The van der Waals surface area contributed by atoms with Crippen LogP contribution >= 0.6 is 23.4 Å². The molecule has 18 heavy (non-hydrogen) atoms. The van der Waals surface area contributed by atoms with E-state index < -0.39 is 0 Å². The Bertz CT molecular complexity index is 442. The molecule has 0 spiro atoms. The highest BCUT2D eigenvalue weighted by molar-refractivity contribution is 7.99. The molecule has 0 atom stereocenters. The lowest BCUT2D eigenvalue weighted by Crippen LogP contribution is -2.42. The number of nitrogens with zero attached hydrogens (tertiary/aromatic N) is 2. The van der Waals surface area contributed by atoms with Gasteiger partial charge < -0.3 is 10.6 Å². The van der Waals surface area contributed by atoms with Crippen LogP contribution in [0.2, 0.25) is 5.02 Å². The molecule has 0 unspecified atom stereocenters. The van der Waals surface area contributed by atoms with Crippen molar-refractivity contribution in [3.8, 4) is 0 Å². The molecule has 1 aromatic carbocycles. The largest absolute Gasteiger partial charge is 0.370 e. The molecule has 98 valence electrons. The number of benzene rings is 1. The van der Waals surface area contributed by atoms with Crippen molar-refractivity contribution in [1.82, 2.24) is 4.90 Å². The second kappa shape index (κ2) is 6.34. The fraction of sp³-hybridized carbons (Fsp3) is 0.462.